The molecule has 1 aliphatic carbocycles. The van der Waals surface area contributed by atoms with Crippen LogP contribution in [0.3, 0.4) is 0 Å². The molecule has 1 unspecified atom stereocenters. The number of aromatic nitrogens is 2. The Morgan fingerprint density at radius 3 is 2.48 bits per heavy atom. The molecule has 4 rings (SSSR count). The maximum atomic E-state index is 13.4. The van der Waals surface area contributed by atoms with Crippen molar-refractivity contribution in [2.75, 3.05) is 25.5 Å². The Balaban J connectivity index is 1.71. The van der Waals surface area contributed by atoms with Gasteiger partial charge in [-0.25, -0.2) is 9.97 Å². The highest BCUT2D eigenvalue weighted by Gasteiger charge is 2.36. The van der Waals surface area contributed by atoms with Crippen LogP contribution < -0.4 is 4.90 Å². The number of likely N-dealkylation sites (tertiary alicyclic amines) is 1. The van der Waals surface area contributed by atoms with Crippen LogP contribution in [0.15, 0.2) is 30.5 Å². The van der Waals surface area contributed by atoms with Crippen LogP contribution in [0, 0.1) is 5.92 Å². The predicted octanol–water partition coefficient (Wildman–Crippen LogP) is 5.11. The number of benzene rings is 1. The van der Waals surface area contributed by atoms with Gasteiger partial charge in [0, 0.05) is 43.3 Å². The molecule has 6 heteroatoms. The molecule has 0 N–H and O–H groups in total. The Hall–Kier alpha value is -2.14. The number of carbonyl (C=O) groups excluding carboxylic acids is 1. The van der Waals surface area contributed by atoms with Gasteiger partial charge in [-0.3, -0.25) is 4.79 Å². The van der Waals surface area contributed by atoms with Crippen LogP contribution in [0.2, 0.25) is 5.02 Å². The summed E-state index contributed by atoms with van der Waals surface area (Å²) in [5.41, 5.74) is 2.97. The number of hydrogen-bond donors (Lipinski definition) is 0. The number of hydrogen-bond acceptors (Lipinski definition) is 4. The summed E-state index contributed by atoms with van der Waals surface area (Å²) in [7, 11) is 3.89. The Kier molecular flexibility index (Phi) is 6.04. The molecule has 0 spiro atoms. The molecular formula is C23H29ClN4O. The summed E-state index contributed by atoms with van der Waals surface area (Å²) in [5.74, 6) is 1.17. The maximum Gasteiger partial charge on any atom is 0.226 e. The van der Waals surface area contributed by atoms with Gasteiger partial charge in [0.15, 0.2) is 0 Å². The van der Waals surface area contributed by atoms with Gasteiger partial charge >= 0.3 is 0 Å². The highest BCUT2D eigenvalue weighted by molar-refractivity contribution is 6.30. The van der Waals surface area contributed by atoms with Crippen molar-refractivity contribution in [1.82, 2.24) is 14.9 Å². The second-order valence-corrected chi connectivity index (χ2v) is 8.83. The number of anilines is 1. The number of carbonyl (C=O) groups is 1. The van der Waals surface area contributed by atoms with E-state index in [1.807, 2.05) is 49.5 Å². The van der Waals surface area contributed by atoms with Gasteiger partial charge in [0.1, 0.15) is 0 Å². The lowest BCUT2D eigenvalue weighted by Gasteiger charge is -2.31. The molecule has 1 aromatic carbocycles. The predicted molar refractivity (Wildman–Crippen MR) is 117 cm³/mol. The summed E-state index contributed by atoms with van der Waals surface area (Å²) in [6, 6.07) is 7.79. The summed E-state index contributed by atoms with van der Waals surface area (Å²) in [6.45, 7) is 0.821. The second kappa shape index (κ2) is 8.70. The molecule has 29 heavy (non-hydrogen) atoms. The van der Waals surface area contributed by atoms with Gasteiger partial charge in [-0.15, -0.1) is 0 Å². The lowest BCUT2D eigenvalue weighted by molar-refractivity contribution is -0.137. The zero-order valence-corrected chi connectivity index (χ0v) is 18.0. The summed E-state index contributed by atoms with van der Waals surface area (Å²) in [5, 5.41) is 0.705. The zero-order chi connectivity index (χ0) is 20.4. The van der Waals surface area contributed by atoms with Crippen LogP contribution in [0.1, 0.15) is 56.7 Å². The minimum Gasteiger partial charge on any atom is -0.347 e. The Morgan fingerprint density at radius 2 is 1.79 bits per heavy atom. The van der Waals surface area contributed by atoms with E-state index in [1.165, 1.54) is 19.3 Å². The number of amides is 1. The molecule has 2 fully saturated rings. The fraction of sp³-hybridized carbons (Fsp3) is 0.522. The first-order chi connectivity index (χ1) is 14.0. The second-order valence-electron chi connectivity index (χ2n) is 8.39. The Bertz CT molecular complexity index is 862. The molecule has 5 nitrogen and oxygen atoms in total. The third-order valence-electron chi connectivity index (χ3n) is 6.17. The topological polar surface area (TPSA) is 49.3 Å². The fourth-order valence-electron chi connectivity index (χ4n) is 4.61. The van der Waals surface area contributed by atoms with Crippen molar-refractivity contribution >= 4 is 23.5 Å². The van der Waals surface area contributed by atoms with E-state index in [9.17, 15) is 4.79 Å². The van der Waals surface area contributed by atoms with E-state index in [0.717, 1.165) is 49.0 Å². The molecule has 2 heterocycles. The van der Waals surface area contributed by atoms with Gasteiger partial charge in [0.05, 0.1) is 11.7 Å². The lowest BCUT2D eigenvalue weighted by Crippen LogP contribution is -2.37. The standard InChI is InChI=1S/C23H29ClN4O/c1-27(2)23-25-15-19(16-10-12-18(24)13-11-16)21(26-23)20-9-6-14-28(20)22(29)17-7-4-3-5-8-17/h10-13,15,17,20H,3-9,14H2,1-2H3. The molecule has 154 valence electrons. The zero-order valence-electron chi connectivity index (χ0n) is 17.3. The largest absolute Gasteiger partial charge is 0.347 e. The normalized spacial score (nSPS) is 20.1. The maximum absolute atomic E-state index is 13.4. The smallest absolute Gasteiger partial charge is 0.226 e. The van der Waals surface area contributed by atoms with E-state index in [2.05, 4.69) is 9.88 Å². The molecule has 1 atom stereocenters. The van der Waals surface area contributed by atoms with Crippen LogP contribution in [0.4, 0.5) is 5.95 Å². The number of nitrogens with zero attached hydrogens (tertiary/aromatic N) is 4. The van der Waals surface area contributed by atoms with Crippen molar-refractivity contribution in [3.63, 3.8) is 0 Å². The Labute approximate surface area is 178 Å². The van der Waals surface area contributed by atoms with Crippen molar-refractivity contribution in [2.45, 2.75) is 51.0 Å². The van der Waals surface area contributed by atoms with Gasteiger partial charge in [-0.05, 0) is 43.4 Å². The van der Waals surface area contributed by atoms with Gasteiger partial charge in [0.25, 0.3) is 0 Å². The van der Waals surface area contributed by atoms with Crippen molar-refractivity contribution in [2.24, 2.45) is 5.92 Å². The first kappa shape index (κ1) is 20.1. The summed E-state index contributed by atoms with van der Waals surface area (Å²) in [6.07, 6.45) is 9.51. The molecule has 1 saturated heterocycles. The van der Waals surface area contributed by atoms with Gasteiger partial charge in [0.2, 0.25) is 11.9 Å². The highest BCUT2D eigenvalue weighted by atomic mass is 35.5. The summed E-state index contributed by atoms with van der Waals surface area (Å²) in [4.78, 5) is 26.8. The van der Waals surface area contributed by atoms with E-state index in [0.29, 0.717) is 16.9 Å². The highest BCUT2D eigenvalue weighted by Crippen LogP contribution is 2.39. The van der Waals surface area contributed by atoms with E-state index in [1.54, 1.807) is 0 Å². The third-order valence-corrected chi connectivity index (χ3v) is 6.42. The van der Waals surface area contributed by atoms with E-state index >= 15 is 0 Å². The van der Waals surface area contributed by atoms with Gasteiger partial charge in [-0.2, -0.15) is 0 Å². The quantitative estimate of drug-likeness (QED) is 0.700. The van der Waals surface area contributed by atoms with Crippen LogP contribution in [-0.2, 0) is 4.79 Å². The number of halogens is 1. The number of rotatable bonds is 4. The molecule has 0 radical (unpaired) electrons. The summed E-state index contributed by atoms with van der Waals surface area (Å²) < 4.78 is 0. The molecule has 2 aromatic rings. The monoisotopic (exact) mass is 412 g/mol. The molecular weight excluding hydrogens is 384 g/mol. The Morgan fingerprint density at radius 1 is 1.07 bits per heavy atom. The van der Waals surface area contributed by atoms with Gasteiger partial charge in [-0.1, -0.05) is 43.0 Å². The van der Waals surface area contributed by atoms with Crippen LogP contribution in [0.5, 0.6) is 0 Å². The average Bonchev–Trinajstić information content (AvgIpc) is 3.23. The average molecular weight is 413 g/mol. The SMILES string of the molecule is CN(C)c1ncc(-c2ccc(Cl)cc2)c(C2CCCN2C(=O)C2CCCCC2)n1. The van der Waals surface area contributed by atoms with E-state index in [4.69, 9.17) is 16.6 Å². The molecule has 1 aromatic heterocycles. The first-order valence-electron chi connectivity index (χ1n) is 10.7. The molecule has 1 amide bonds. The fourth-order valence-corrected chi connectivity index (χ4v) is 4.73. The van der Waals surface area contributed by atoms with Crippen LogP contribution in [0.25, 0.3) is 11.1 Å². The molecule has 1 saturated carbocycles. The van der Waals surface area contributed by atoms with Crippen molar-refractivity contribution in [3.8, 4) is 11.1 Å². The third kappa shape index (κ3) is 4.25. The van der Waals surface area contributed by atoms with Crippen LogP contribution in [-0.4, -0.2) is 41.4 Å². The lowest BCUT2D eigenvalue weighted by atomic mass is 9.88. The van der Waals surface area contributed by atoms with E-state index in [-0.39, 0.29) is 12.0 Å². The minimum absolute atomic E-state index is 0.0109. The van der Waals surface area contributed by atoms with Crippen molar-refractivity contribution < 1.29 is 4.79 Å². The van der Waals surface area contributed by atoms with Gasteiger partial charge < -0.3 is 9.80 Å². The molecule has 0 bridgehead atoms. The summed E-state index contributed by atoms with van der Waals surface area (Å²) >= 11 is 6.09. The van der Waals surface area contributed by atoms with Crippen LogP contribution >= 0.6 is 11.6 Å². The minimum atomic E-state index is 0.0109. The van der Waals surface area contributed by atoms with Crippen molar-refractivity contribution in [1.29, 1.82) is 0 Å². The molecule has 1 aliphatic heterocycles. The molecule has 2 aliphatic rings. The first-order valence-corrected chi connectivity index (χ1v) is 11.0. The van der Waals surface area contributed by atoms with Crippen molar-refractivity contribution in [3.05, 3.63) is 41.2 Å². The van der Waals surface area contributed by atoms with E-state index < -0.39 is 0 Å².